The highest BCUT2D eigenvalue weighted by atomic mass is 16.5. The van der Waals surface area contributed by atoms with Gasteiger partial charge in [0.05, 0.1) is 12.3 Å². The predicted octanol–water partition coefficient (Wildman–Crippen LogP) is 4.40. The lowest BCUT2D eigenvalue weighted by atomic mass is 10.2. The Kier molecular flexibility index (Phi) is 5.58. The van der Waals surface area contributed by atoms with Crippen LogP contribution in [0.1, 0.15) is 36.8 Å². The minimum atomic E-state index is 0.314. The molecule has 0 atom stereocenters. The quantitative estimate of drug-likeness (QED) is 0.625. The molecule has 1 saturated carbocycles. The first-order valence-corrected chi connectivity index (χ1v) is 9.53. The Hall–Kier alpha value is -2.95. The Morgan fingerprint density at radius 3 is 2.56 bits per heavy atom. The van der Waals surface area contributed by atoms with Crippen molar-refractivity contribution < 1.29 is 4.74 Å². The molecular weight excluding hydrogens is 336 g/mol. The van der Waals surface area contributed by atoms with Crippen molar-refractivity contribution in [3.8, 4) is 5.75 Å². The highest BCUT2D eigenvalue weighted by molar-refractivity contribution is 5.42. The van der Waals surface area contributed by atoms with Crippen LogP contribution in [0.25, 0.3) is 0 Å². The Morgan fingerprint density at radius 2 is 1.78 bits per heavy atom. The van der Waals surface area contributed by atoms with E-state index < -0.39 is 0 Å². The van der Waals surface area contributed by atoms with Gasteiger partial charge in [0.2, 0.25) is 0 Å². The van der Waals surface area contributed by atoms with Gasteiger partial charge in [0.25, 0.3) is 0 Å². The maximum atomic E-state index is 6.27. The molecule has 0 unspecified atom stereocenters. The third-order valence-electron chi connectivity index (χ3n) is 4.90. The van der Waals surface area contributed by atoms with Crippen LogP contribution in [0.5, 0.6) is 5.75 Å². The first-order valence-electron chi connectivity index (χ1n) is 9.53. The molecule has 4 rings (SSSR count). The highest BCUT2D eigenvalue weighted by Crippen LogP contribution is 2.28. The molecule has 0 aromatic carbocycles. The molecule has 0 radical (unpaired) electrons. The summed E-state index contributed by atoms with van der Waals surface area (Å²) in [5, 5.41) is 0. The largest absolute Gasteiger partial charge is 0.488 e. The SMILES string of the molecule is c1ccc(N(Cc2cccnc2)Cc2ccncc2OC2CCCC2)nc1. The van der Waals surface area contributed by atoms with E-state index in [0.29, 0.717) is 12.6 Å². The molecular formula is C22H24N4O. The Labute approximate surface area is 160 Å². The number of rotatable bonds is 7. The smallest absolute Gasteiger partial charge is 0.142 e. The van der Waals surface area contributed by atoms with Crippen molar-refractivity contribution in [3.05, 3.63) is 78.5 Å². The zero-order chi connectivity index (χ0) is 18.3. The van der Waals surface area contributed by atoms with Gasteiger partial charge in [0.15, 0.2) is 0 Å². The van der Waals surface area contributed by atoms with Crippen molar-refractivity contribution >= 4 is 5.82 Å². The molecule has 0 N–H and O–H groups in total. The molecule has 0 bridgehead atoms. The number of hydrogen-bond donors (Lipinski definition) is 0. The first kappa shape index (κ1) is 17.5. The molecule has 3 aromatic rings. The standard InChI is InChI=1S/C22H24N4O/c1-2-8-20(7-1)27-21-15-24-13-10-19(21)17-26(22-9-3-4-12-25-22)16-18-6-5-11-23-14-18/h3-6,9-15,20H,1-2,7-8,16-17H2. The molecule has 1 aliphatic carbocycles. The Bertz CT molecular complexity index is 835. The van der Waals surface area contributed by atoms with Gasteiger partial charge < -0.3 is 9.64 Å². The minimum Gasteiger partial charge on any atom is -0.488 e. The van der Waals surface area contributed by atoms with E-state index in [-0.39, 0.29) is 0 Å². The monoisotopic (exact) mass is 360 g/mol. The van der Waals surface area contributed by atoms with Gasteiger partial charge in [0.1, 0.15) is 11.6 Å². The van der Waals surface area contributed by atoms with Crippen molar-refractivity contribution in [2.45, 2.75) is 44.9 Å². The fraction of sp³-hybridized carbons (Fsp3) is 0.318. The van der Waals surface area contributed by atoms with E-state index in [2.05, 4.69) is 25.9 Å². The van der Waals surface area contributed by atoms with E-state index in [1.165, 1.54) is 12.8 Å². The average molecular weight is 360 g/mol. The molecule has 138 valence electrons. The van der Waals surface area contributed by atoms with Crippen LogP contribution in [-0.2, 0) is 13.1 Å². The summed E-state index contributed by atoms with van der Waals surface area (Å²) in [6.07, 6.45) is 14.3. The number of ether oxygens (including phenoxy) is 1. The van der Waals surface area contributed by atoms with Gasteiger partial charge in [-0.25, -0.2) is 4.98 Å². The number of anilines is 1. The van der Waals surface area contributed by atoms with Crippen LogP contribution in [0, 0.1) is 0 Å². The van der Waals surface area contributed by atoms with Crippen LogP contribution in [0.2, 0.25) is 0 Å². The summed E-state index contributed by atoms with van der Waals surface area (Å²) in [6.45, 7) is 1.44. The van der Waals surface area contributed by atoms with Gasteiger partial charge in [-0.1, -0.05) is 12.1 Å². The molecule has 1 fully saturated rings. The lowest BCUT2D eigenvalue weighted by Crippen LogP contribution is -2.24. The van der Waals surface area contributed by atoms with Gasteiger partial charge in [-0.15, -0.1) is 0 Å². The van der Waals surface area contributed by atoms with Crippen LogP contribution in [0.15, 0.2) is 67.4 Å². The summed E-state index contributed by atoms with van der Waals surface area (Å²) >= 11 is 0. The second-order valence-electron chi connectivity index (χ2n) is 6.91. The lowest BCUT2D eigenvalue weighted by Gasteiger charge is -2.25. The van der Waals surface area contributed by atoms with E-state index in [0.717, 1.165) is 42.1 Å². The normalized spacial score (nSPS) is 14.2. The summed E-state index contributed by atoms with van der Waals surface area (Å²) in [7, 11) is 0. The van der Waals surface area contributed by atoms with E-state index in [9.17, 15) is 0 Å². The number of hydrogen-bond acceptors (Lipinski definition) is 5. The lowest BCUT2D eigenvalue weighted by molar-refractivity contribution is 0.207. The van der Waals surface area contributed by atoms with Crippen molar-refractivity contribution in [2.75, 3.05) is 4.90 Å². The topological polar surface area (TPSA) is 51.1 Å². The van der Waals surface area contributed by atoms with Crippen molar-refractivity contribution in [1.29, 1.82) is 0 Å². The van der Waals surface area contributed by atoms with Crippen LogP contribution in [0.4, 0.5) is 5.82 Å². The van der Waals surface area contributed by atoms with Crippen molar-refractivity contribution in [2.24, 2.45) is 0 Å². The van der Waals surface area contributed by atoms with Crippen LogP contribution >= 0.6 is 0 Å². The molecule has 5 nitrogen and oxygen atoms in total. The van der Waals surface area contributed by atoms with Crippen LogP contribution < -0.4 is 9.64 Å². The van der Waals surface area contributed by atoms with E-state index in [4.69, 9.17) is 4.74 Å². The fourth-order valence-corrected chi connectivity index (χ4v) is 3.51. The van der Waals surface area contributed by atoms with Gasteiger partial charge >= 0.3 is 0 Å². The predicted molar refractivity (Wildman–Crippen MR) is 105 cm³/mol. The highest BCUT2D eigenvalue weighted by Gasteiger charge is 2.19. The van der Waals surface area contributed by atoms with E-state index in [1.807, 2.05) is 55.1 Å². The molecule has 3 aromatic heterocycles. The molecule has 27 heavy (non-hydrogen) atoms. The van der Waals surface area contributed by atoms with E-state index in [1.54, 1.807) is 6.20 Å². The second kappa shape index (κ2) is 8.62. The van der Waals surface area contributed by atoms with Gasteiger partial charge in [0, 0.05) is 43.4 Å². The number of aromatic nitrogens is 3. The maximum absolute atomic E-state index is 6.27. The third kappa shape index (κ3) is 4.61. The Balaban J connectivity index is 1.58. The maximum Gasteiger partial charge on any atom is 0.142 e. The summed E-state index contributed by atoms with van der Waals surface area (Å²) in [4.78, 5) is 15.3. The van der Waals surface area contributed by atoms with Gasteiger partial charge in [-0.2, -0.15) is 0 Å². The zero-order valence-electron chi connectivity index (χ0n) is 15.4. The number of nitrogens with zero attached hydrogens (tertiary/aromatic N) is 4. The van der Waals surface area contributed by atoms with Crippen LogP contribution in [-0.4, -0.2) is 21.1 Å². The number of pyridine rings is 3. The molecule has 1 aliphatic rings. The molecule has 0 spiro atoms. The molecule has 0 saturated heterocycles. The first-order chi connectivity index (χ1) is 13.4. The van der Waals surface area contributed by atoms with Crippen LogP contribution in [0.3, 0.4) is 0 Å². The van der Waals surface area contributed by atoms with Crippen molar-refractivity contribution in [3.63, 3.8) is 0 Å². The van der Waals surface area contributed by atoms with E-state index >= 15 is 0 Å². The van der Waals surface area contributed by atoms with Gasteiger partial charge in [-0.3, -0.25) is 9.97 Å². The summed E-state index contributed by atoms with van der Waals surface area (Å²) in [5.74, 6) is 1.82. The average Bonchev–Trinajstić information content (AvgIpc) is 3.23. The second-order valence-corrected chi connectivity index (χ2v) is 6.91. The zero-order valence-corrected chi connectivity index (χ0v) is 15.4. The van der Waals surface area contributed by atoms with Gasteiger partial charge in [-0.05, 0) is 55.5 Å². The Morgan fingerprint density at radius 1 is 0.889 bits per heavy atom. The summed E-state index contributed by atoms with van der Waals surface area (Å²) in [6, 6.07) is 12.1. The fourth-order valence-electron chi connectivity index (χ4n) is 3.51. The molecule has 0 aliphatic heterocycles. The molecule has 5 heteroatoms. The third-order valence-corrected chi connectivity index (χ3v) is 4.90. The minimum absolute atomic E-state index is 0.314. The molecule has 0 amide bonds. The summed E-state index contributed by atoms with van der Waals surface area (Å²) < 4.78 is 6.27. The molecule has 3 heterocycles. The van der Waals surface area contributed by atoms with Crippen molar-refractivity contribution in [1.82, 2.24) is 15.0 Å². The summed E-state index contributed by atoms with van der Waals surface area (Å²) in [5.41, 5.74) is 2.28.